The highest BCUT2D eigenvalue weighted by molar-refractivity contribution is 7.80. The quantitative estimate of drug-likeness (QED) is 0.821. The van der Waals surface area contributed by atoms with E-state index in [-0.39, 0.29) is 11.2 Å². The molecule has 0 amide bonds. The second-order valence-electron chi connectivity index (χ2n) is 4.76. The smallest absolute Gasteiger partial charge is 0.129 e. The minimum atomic E-state index is -0.254. The first-order valence-corrected chi connectivity index (χ1v) is 5.92. The lowest BCUT2D eigenvalue weighted by atomic mass is 9.90. The SMILES string of the molecule is Cc1ccc(OCCC(C)(C)C(N)=S)cc1F. The van der Waals surface area contributed by atoms with Crippen molar-refractivity contribution in [2.45, 2.75) is 27.2 Å². The maximum atomic E-state index is 13.2. The molecule has 94 valence electrons. The summed E-state index contributed by atoms with van der Waals surface area (Å²) in [5.74, 6) is 0.281. The van der Waals surface area contributed by atoms with Crippen LogP contribution < -0.4 is 10.5 Å². The van der Waals surface area contributed by atoms with E-state index < -0.39 is 0 Å². The fraction of sp³-hybridized carbons (Fsp3) is 0.462. The molecule has 0 aliphatic heterocycles. The molecule has 0 unspecified atom stereocenters. The fourth-order valence-corrected chi connectivity index (χ4v) is 1.31. The topological polar surface area (TPSA) is 35.2 Å². The number of aryl methyl sites for hydroxylation is 1. The molecule has 0 aromatic heterocycles. The van der Waals surface area contributed by atoms with Gasteiger partial charge in [0.2, 0.25) is 0 Å². The maximum absolute atomic E-state index is 13.2. The van der Waals surface area contributed by atoms with Gasteiger partial charge in [-0.3, -0.25) is 0 Å². The molecule has 2 N–H and O–H groups in total. The average molecular weight is 255 g/mol. The van der Waals surface area contributed by atoms with Gasteiger partial charge in [-0.1, -0.05) is 32.1 Å². The van der Waals surface area contributed by atoms with Crippen molar-refractivity contribution in [2.75, 3.05) is 6.61 Å². The molecule has 0 saturated carbocycles. The van der Waals surface area contributed by atoms with Crippen molar-refractivity contribution >= 4 is 17.2 Å². The van der Waals surface area contributed by atoms with Crippen LogP contribution in [0.4, 0.5) is 4.39 Å². The Bertz CT molecular complexity index is 418. The molecule has 1 aromatic carbocycles. The van der Waals surface area contributed by atoms with E-state index in [9.17, 15) is 4.39 Å². The summed E-state index contributed by atoms with van der Waals surface area (Å²) in [5.41, 5.74) is 5.98. The Kier molecular flexibility index (Phi) is 4.46. The second kappa shape index (κ2) is 5.45. The number of thiocarbonyl (C=S) groups is 1. The van der Waals surface area contributed by atoms with E-state index in [1.807, 2.05) is 13.8 Å². The molecular formula is C13H18FNOS. The standard InChI is InChI=1S/C13H18FNOS/c1-9-4-5-10(8-11(9)14)16-7-6-13(2,3)12(15)17/h4-5,8H,6-7H2,1-3H3,(H2,15,17). The van der Waals surface area contributed by atoms with Crippen LogP contribution in [0.1, 0.15) is 25.8 Å². The number of rotatable bonds is 5. The zero-order valence-corrected chi connectivity index (χ0v) is 11.2. The zero-order chi connectivity index (χ0) is 13.1. The summed E-state index contributed by atoms with van der Waals surface area (Å²) in [5, 5.41) is 0. The number of hydrogen-bond acceptors (Lipinski definition) is 2. The molecular weight excluding hydrogens is 237 g/mol. The molecule has 4 heteroatoms. The van der Waals surface area contributed by atoms with Crippen LogP contribution in [0.2, 0.25) is 0 Å². The summed E-state index contributed by atoms with van der Waals surface area (Å²) < 4.78 is 18.7. The first-order valence-electron chi connectivity index (χ1n) is 5.52. The Hall–Kier alpha value is -1.16. The van der Waals surface area contributed by atoms with Gasteiger partial charge in [0, 0.05) is 11.5 Å². The van der Waals surface area contributed by atoms with E-state index in [1.165, 1.54) is 6.07 Å². The highest BCUT2D eigenvalue weighted by Gasteiger charge is 2.21. The van der Waals surface area contributed by atoms with E-state index >= 15 is 0 Å². The summed E-state index contributed by atoms with van der Waals surface area (Å²) in [4.78, 5) is 0.469. The van der Waals surface area contributed by atoms with E-state index in [2.05, 4.69) is 0 Å². The van der Waals surface area contributed by atoms with Gasteiger partial charge in [0.25, 0.3) is 0 Å². The van der Waals surface area contributed by atoms with Gasteiger partial charge < -0.3 is 10.5 Å². The van der Waals surface area contributed by atoms with Crippen molar-refractivity contribution in [3.05, 3.63) is 29.6 Å². The Labute approximate surface area is 107 Å². The van der Waals surface area contributed by atoms with Crippen molar-refractivity contribution in [3.63, 3.8) is 0 Å². The van der Waals surface area contributed by atoms with Crippen molar-refractivity contribution in [3.8, 4) is 5.75 Å². The average Bonchev–Trinajstić information content (AvgIpc) is 2.23. The number of ether oxygens (including phenoxy) is 1. The van der Waals surface area contributed by atoms with Crippen LogP contribution in [-0.4, -0.2) is 11.6 Å². The minimum Gasteiger partial charge on any atom is -0.493 e. The van der Waals surface area contributed by atoms with Crippen LogP contribution in [-0.2, 0) is 0 Å². The molecule has 17 heavy (non-hydrogen) atoms. The Balaban J connectivity index is 2.51. The van der Waals surface area contributed by atoms with Gasteiger partial charge in [-0.2, -0.15) is 0 Å². The third-order valence-electron chi connectivity index (χ3n) is 2.81. The lowest BCUT2D eigenvalue weighted by molar-refractivity contribution is 0.269. The van der Waals surface area contributed by atoms with Gasteiger partial charge in [-0.15, -0.1) is 0 Å². The summed E-state index contributed by atoms with van der Waals surface area (Å²) in [7, 11) is 0. The number of benzene rings is 1. The molecule has 0 radical (unpaired) electrons. The minimum absolute atomic E-state index is 0.238. The molecule has 0 aliphatic carbocycles. The van der Waals surface area contributed by atoms with Gasteiger partial charge in [-0.25, -0.2) is 4.39 Å². The van der Waals surface area contributed by atoms with Gasteiger partial charge in [0.05, 0.1) is 11.6 Å². The van der Waals surface area contributed by atoms with E-state index in [4.69, 9.17) is 22.7 Å². The van der Waals surface area contributed by atoms with Crippen molar-refractivity contribution in [2.24, 2.45) is 11.1 Å². The van der Waals surface area contributed by atoms with Crippen LogP contribution in [0.25, 0.3) is 0 Å². The summed E-state index contributed by atoms with van der Waals surface area (Å²) in [6, 6.07) is 4.85. The molecule has 0 bridgehead atoms. The first kappa shape index (κ1) is 13.9. The number of nitrogens with two attached hydrogens (primary N) is 1. The summed E-state index contributed by atoms with van der Waals surface area (Å²) in [6.45, 7) is 6.12. The van der Waals surface area contributed by atoms with Crippen LogP contribution in [0, 0.1) is 18.2 Å². The molecule has 0 atom stereocenters. The molecule has 0 spiro atoms. The Morgan fingerprint density at radius 1 is 1.47 bits per heavy atom. The molecule has 0 saturated heterocycles. The molecule has 0 aliphatic rings. The predicted octanol–water partition coefficient (Wildman–Crippen LogP) is 3.22. The monoisotopic (exact) mass is 255 g/mol. The fourth-order valence-electron chi connectivity index (χ4n) is 1.21. The summed E-state index contributed by atoms with van der Waals surface area (Å²) >= 11 is 4.96. The highest BCUT2D eigenvalue weighted by Crippen LogP contribution is 2.22. The molecule has 0 heterocycles. The maximum Gasteiger partial charge on any atom is 0.129 e. The third kappa shape index (κ3) is 3.97. The van der Waals surface area contributed by atoms with Gasteiger partial charge in [0.15, 0.2) is 0 Å². The van der Waals surface area contributed by atoms with Gasteiger partial charge in [-0.05, 0) is 25.0 Å². The number of halogens is 1. The Morgan fingerprint density at radius 2 is 2.12 bits per heavy atom. The first-order chi connectivity index (χ1) is 7.83. The third-order valence-corrected chi connectivity index (χ3v) is 3.36. The van der Waals surface area contributed by atoms with Crippen molar-refractivity contribution in [1.29, 1.82) is 0 Å². The van der Waals surface area contributed by atoms with Crippen LogP contribution in [0.5, 0.6) is 5.75 Å². The second-order valence-corrected chi connectivity index (χ2v) is 5.20. The van der Waals surface area contributed by atoms with Crippen LogP contribution >= 0.6 is 12.2 Å². The Morgan fingerprint density at radius 3 is 2.65 bits per heavy atom. The highest BCUT2D eigenvalue weighted by atomic mass is 32.1. The van der Waals surface area contributed by atoms with Gasteiger partial charge >= 0.3 is 0 Å². The van der Waals surface area contributed by atoms with Crippen molar-refractivity contribution < 1.29 is 9.13 Å². The van der Waals surface area contributed by atoms with Crippen LogP contribution in [0.3, 0.4) is 0 Å². The van der Waals surface area contributed by atoms with E-state index in [0.29, 0.717) is 29.3 Å². The largest absolute Gasteiger partial charge is 0.493 e. The van der Waals surface area contributed by atoms with Crippen molar-refractivity contribution in [1.82, 2.24) is 0 Å². The molecule has 2 nitrogen and oxygen atoms in total. The van der Waals surface area contributed by atoms with Gasteiger partial charge in [0.1, 0.15) is 11.6 Å². The lowest BCUT2D eigenvalue weighted by Crippen LogP contribution is -2.31. The zero-order valence-electron chi connectivity index (χ0n) is 10.4. The number of hydrogen-bond donors (Lipinski definition) is 1. The van der Waals surface area contributed by atoms with E-state index in [1.54, 1.807) is 19.1 Å². The summed E-state index contributed by atoms with van der Waals surface area (Å²) in [6.07, 6.45) is 0.706. The molecule has 1 aromatic rings. The molecule has 1 rings (SSSR count). The molecule has 0 fully saturated rings. The predicted molar refractivity (Wildman–Crippen MR) is 71.8 cm³/mol. The van der Waals surface area contributed by atoms with Crippen LogP contribution in [0.15, 0.2) is 18.2 Å². The lowest BCUT2D eigenvalue weighted by Gasteiger charge is -2.22. The normalized spacial score (nSPS) is 11.3. The van der Waals surface area contributed by atoms with E-state index in [0.717, 1.165) is 0 Å².